The van der Waals surface area contributed by atoms with Crippen LogP contribution in [0.25, 0.3) is 0 Å². The lowest BCUT2D eigenvalue weighted by atomic mass is 10.1. The van der Waals surface area contributed by atoms with Gasteiger partial charge in [0.1, 0.15) is 5.69 Å². The summed E-state index contributed by atoms with van der Waals surface area (Å²) in [5.74, 6) is 0.148. The molecule has 1 aliphatic heterocycles. The number of anilines is 2. The van der Waals surface area contributed by atoms with Crippen LogP contribution in [0.3, 0.4) is 0 Å². The average molecular weight is 314 g/mol. The fraction of sp³-hybridized carbons (Fsp3) is 0.444. The Bertz CT molecular complexity index is 724. The van der Waals surface area contributed by atoms with Crippen molar-refractivity contribution in [3.05, 3.63) is 50.3 Å². The quantitative estimate of drug-likeness (QED) is 0.830. The first kappa shape index (κ1) is 15.7. The summed E-state index contributed by atoms with van der Waals surface area (Å²) in [5.41, 5.74) is 1.26. The molecule has 0 atom stereocenters. The van der Waals surface area contributed by atoms with Crippen molar-refractivity contribution in [2.24, 2.45) is 0 Å². The number of hydrogen-bond donors (Lipinski definition) is 1. The van der Waals surface area contributed by atoms with Crippen molar-refractivity contribution in [3.8, 4) is 5.75 Å². The summed E-state index contributed by atoms with van der Waals surface area (Å²) in [6, 6.07) is 7.99. The summed E-state index contributed by atoms with van der Waals surface area (Å²) in [6.07, 6.45) is 3.90. The minimum Gasteiger partial charge on any atom is -0.488 e. The summed E-state index contributed by atoms with van der Waals surface area (Å²) >= 11 is 0. The molecule has 0 amide bonds. The smallest absolute Gasteiger partial charge is 0.272 e. The van der Waals surface area contributed by atoms with Crippen molar-refractivity contribution in [1.82, 2.24) is 4.90 Å². The molecule has 1 fully saturated rings. The Morgan fingerprint density at radius 1 is 1.04 bits per heavy atom. The van der Waals surface area contributed by atoms with E-state index in [-0.39, 0.29) is 11.4 Å². The molecule has 2 aromatic rings. The molecule has 0 radical (unpaired) electrons. The van der Waals surface area contributed by atoms with Crippen LogP contribution in [0.1, 0.15) is 31.7 Å². The van der Waals surface area contributed by atoms with E-state index in [4.69, 9.17) is 4.74 Å². The molecule has 2 aromatic carbocycles. The zero-order valence-corrected chi connectivity index (χ0v) is 13.4. The Hall–Kier alpha value is -2.14. The highest BCUT2D eigenvalue weighted by atomic mass is 16.5. The maximum absolute atomic E-state index is 11.6. The van der Waals surface area contributed by atoms with Crippen molar-refractivity contribution >= 4 is 11.4 Å². The summed E-state index contributed by atoms with van der Waals surface area (Å²) in [6.45, 7) is 5.46. The van der Waals surface area contributed by atoms with Gasteiger partial charge in [0.25, 0.3) is 10.9 Å². The first-order chi connectivity index (χ1) is 11.2. The molecule has 1 N–H and O–H groups in total. The van der Waals surface area contributed by atoms with Crippen LogP contribution in [0, 0.1) is 0 Å². The van der Waals surface area contributed by atoms with Gasteiger partial charge in [-0.25, -0.2) is 0 Å². The van der Waals surface area contributed by atoms with E-state index in [0.717, 1.165) is 12.2 Å². The molecular formula is C18H22N2O3. The molecule has 0 aliphatic carbocycles. The Balaban J connectivity index is 1.65. The second-order valence-electron chi connectivity index (χ2n) is 5.95. The molecule has 1 aliphatic rings. The third kappa shape index (κ3) is 3.45. The number of hydrogen-bond acceptors (Lipinski definition) is 5. The number of piperidine rings is 1. The van der Waals surface area contributed by atoms with Gasteiger partial charge >= 0.3 is 0 Å². The van der Waals surface area contributed by atoms with Crippen LogP contribution in [0.4, 0.5) is 11.4 Å². The van der Waals surface area contributed by atoms with Gasteiger partial charge in [0.15, 0.2) is 5.75 Å². The van der Waals surface area contributed by atoms with Gasteiger partial charge in [-0.15, -0.1) is 0 Å². The van der Waals surface area contributed by atoms with Gasteiger partial charge in [0, 0.05) is 12.2 Å². The van der Waals surface area contributed by atoms with Crippen molar-refractivity contribution in [2.45, 2.75) is 32.7 Å². The van der Waals surface area contributed by atoms with Crippen LogP contribution in [0.5, 0.6) is 5.75 Å². The molecule has 0 unspecified atom stereocenters. The minimum atomic E-state index is -0.545. The number of nitrogens with zero attached hydrogens (tertiary/aromatic N) is 1. The monoisotopic (exact) mass is 314 g/mol. The fourth-order valence-electron chi connectivity index (χ4n) is 2.98. The van der Waals surface area contributed by atoms with E-state index in [1.54, 1.807) is 6.92 Å². The first-order valence-corrected chi connectivity index (χ1v) is 8.23. The highest BCUT2D eigenvalue weighted by Gasteiger charge is 2.22. The van der Waals surface area contributed by atoms with Gasteiger partial charge in [-0.3, -0.25) is 14.5 Å². The van der Waals surface area contributed by atoms with E-state index in [1.165, 1.54) is 37.9 Å². The molecule has 0 aromatic heterocycles. The Labute approximate surface area is 135 Å². The lowest BCUT2D eigenvalue weighted by Gasteiger charge is -2.26. The predicted molar refractivity (Wildman–Crippen MR) is 91.4 cm³/mol. The molecule has 0 spiro atoms. The van der Waals surface area contributed by atoms with Crippen LogP contribution in [0.15, 0.2) is 33.9 Å². The number of benzene rings is 1. The molecule has 5 heteroatoms. The zero-order valence-electron chi connectivity index (χ0n) is 13.4. The largest absolute Gasteiger partial charge is 0.488 e. The number of nitrogens with one attached hydrogen (secondary N) is 1. The number of ether oxygens (including phenoxy) is 1. The maximum atomic E-state index is 11.6. The molecule has 23 heavy (non-hydrogen) atoms. The highest BCUT2D eigenvalue weighted by Crippen LogP contribution is 2.23. The van der Waals surface area contributed by atoms with Crippen LogP contribution < -0.4 is 20.9 Å². The van der Waals surface area contributed by atoms with Gasteiger partial charge in [-0.1, -0.05) is 18.6 Å². The average Bonchev–Trinajstić information content (AvgIpc) is 2.60. The zero-order chi connectivity index (χ0) is 16.2. The van der Waals surface area contributed by atoms with Crippen LogP contribution in [-0.2, 0) is 6.54 Å². The van der Waals surface area contributed by atoms with Crippen molar-refractivity contribution in [2.75, 3.05) is 25.0 Å². The topological polar surface area (TPSA) is 58.6 Å². The van der Waals surface area contributed by atoms with Gasteiger partial charge in [0.2, 0.25) is 0 Å². The highest BCUT2D eigenvalue weighted by molar-refractivity contribution is 5.69. The second-order valence-corrected chi connectivity index (χ2v) is 5.95. The van der Waals surface area contributed by atoms with Crippen LogP contribution >= 0.6 is 0 Å². The minimum absolute atomic E-state index is 0.148. The molecule has 122 valence electrons. The number of rotatable bonds is 6. The normalized spacial score (nSPS) is 15.7. The molecule has 0 bridgehead atoms. The lowest BCUT2D eigenvalue weighted by molar-refractivity contribution is 0.221. The van der Waals surface area contributed by atoms with E-state index in [1.807, 2.05) is 12.1 Å². The van der Waals surface area contributed by atoms with E-state index in [0.29, 0.717) is 6.61 Å². The second kappa shape index (κ2) is 6.96. The molecule has 0 saturated carbocycles. The summed E-state index contributed by atoms with van der Waals surface area (Å²) in [4.78, 5) is 25.5. The Morgan fingerprint density at radius 2 is 1.74 bits per heavy atom. The predicted octanol–water partition coefficient (Wildman–Crippen LogP) is 2.41. The lowest BCUT2D eigenvalue weighted by Crippen LogP contribution is -2.35. The van der Waals surface area contributed by atoms with Gasteiger partial charge in [-0.2, -0.15) is 0 Å². The van der Waals surface area contributed by atoms with Crippen molar-refractivity contribution in [3.63, 3.8) is 0 Å². The summed E-state index contributed by atoms with van der Waals surface area (Å²) < 4.78 is 5.21. The molecule has 5 nitrogen and oxygen atoms in total. The van der Waals surface area contributed by atoms with E-state index >= 15 is 0 Å². The van der Waals surface area contributed by atoms with Crippen molar-refractivity contribution < 1.29 is 4.74 Å². The fourth-order valence-corrected chi connectivity index (χ4v) is 2.98. The number of likely N-dealkylation sites (tertiary alicyclic amines) is 1. The SMILES string of the molecule is CCOc1c(Nc2ccc(CN3CCCCC3)cc2)c(=O)c1=O. The van der Waals surface area contributed by atoms with Crippen LogP contribution in [-0.4, -0.2) is 24.6 Å². The summed E-state index contributed by atoms with van der Waals surface area (Å²) in [5, 5.41) is 2.99. The molecular weight excluding hydrogens is 292 g/mol. The van der Waals surface area contributed by atoms with Crippen molar-refractivity contribution in [1.29, 1.82) is 0 Å². The first-order valence-electron chi connectivity index (χ1n) is 8.23. The standard InChI is InChI=1S/C18H22N2O3/c1-2-23-18-15(16(21)17(18)22)19-14-8-6-13(7-9-14)12-20-10-4-3-5-11-20/h6-9,19H,2-5,10-12H2,1H3. The third-order valence-electron chi connectivity index (χ3n) is 4.23. The van der Waals surface area contributed by atoms with Gasteiger partial charge < -0.3 is 10.1 Å². The Morgan fingerprint density at radius 3 is 2.39 bits per heavy atom. The van der Waals surface area contributed by atoms with Crippen LogP contribution in [0.2, 0.25) is 0 Å². The third-order valence-corrected chi connectivity index (χ3v) is 4.23. The molecule has 3 rings (SSSR count). The Kier molecular flexibility index (Phi) is 4.76. The molecule has 1 saturated heterocycles. The maximum Gasteiger partial charge on any atom is 0.272 e. The van der Waals surface area contributed by atoms with E-state index in [2.05, 4.69) is 22.3 Å². The van der Waals surface area contributed by atoms with Gasteiger partial charge in [-0.05, 0) is 50.6 Å². The van der Waals surface area contributed by atoms with E-state index < -0.39 is 10.9 Å². The molecule has 1 heterocycles. The van der Waals surface area contributed by atoms with Gasteiger partial charge in [0.05, 0.1) is 6.61 Å². The van der Waals surface area contributed by atoms with E-state index in [9.17, 15) is 9.59 Å². The summed E-state index contributed by atoms with van der Waals surface area (Å²) in [7, 11) is 0.